The average Bonchev–Trinajstić information content (AvgIpc) is 2.45. The lowest BCUT2D eigenvalue weighted by atomic mass is 10.2. The number of carbonyl (C=O) groups excluding carboxylic acids is 1. The molecule has 1 atom stereocenters. The highest BCUT2D eigenvalue weighted by atomic mass is 16.1. The van der Waals surface area contributed by atoms with Crippen molar-refractivity contribution in [3.8, 4) is 0 Å². The molecule has 0 fully saturated rings. The highest BCUT2D eigenvalue weighted by molar-refractivity contribution is 5.92. The molecule has 1 aliphatic heterocycles. The molecule has 1 rings (SSSR count). The quantitative estimate of drug-likeness (QED) is 0.575. The zero-order valence-electron chi connectivity index (χ0n) is 7.40. The van der Waals surface area contributed by atoms with Gasteiger partial charge >= 0.3 is 6.17 Å². The smallest absolute Gasteiger partial charge is 0.342 e. The molecule has 0 saturated heterocycles. The summed E-state index contributed by atoms with van der Waals surface area (Å²) in [4.78, 5) is 19.9. The van der Waals surface area contributed by atoms with E-state index in [0.717, 1.165) is 0 Å². The Balaban J connectivity index is 3.10. The van der Waals surface area contributed by atoms with Crippen LogP contribution in [0.2, 0.25) is 0 Å². The van der Waals surface area contributed by atoms with Gasteiger partial charge in [-0.25, -0.2) is 27.7 Å². The Labute approximate surface area is 76.5 Å². The Morgan fingerprint density at radius 2 is 2.15 bits per heavy atom. The van der Waals surface area contributed by atoms with Gasteiger partial charge in [-0.05, 0) is 0 Å². The highest BCUT2D eigenvalue weighted by Crippen LogP contribution is 2.17. The summed E-state index contributed by atoms with van der Waals surface area (Å²) >= 11 is 0. The van der Waals surface area contributed by atoms with Gasteiger partial charge in [-0.3, -0.25) is 4.79 Å². The molecule has 1 amide bonds. The van der Waals surface area contributed by atoms with Gasteiger partial charge in [-0.1, -0.05) is 0 Å². The normalized spacial score (nSPS) is 21.5. The number of hydrogen-bond acceptors (Lipinski definition) is 1. The van der Waals surface area contributed by atoms with E-state index in [-0.39, 0.29) is 5.70 Å². The van der Waals surface area contributed by atoms with Crippen molar-refractivity contribution in [2.75, 3.05) is 0 Å². The molecule has 5 heteroatoms. The molecule has 0 radical (unpaired) electrons. The largest absolute Gasteiger partial charge is 0.490 e. The van der Waals surface area contributed by atoms with Gasteiger partial charge in [0, 0.05) is 6.05 Å². The van der Waals surface area contributed by atoms with Gasteiger partial charge in [-0.15, -0.1) is 0 Å². The molecule has 0 aromatic rings. The van der Waals surface area contributed by atoms with Crippen LogP contribution in [-0.2, 0) is 4.79 Å². The summed E-state index contributed by atoms with van der Waals surface area (Å²) in [5.74, 6) is -0.696. The van der Waals surface area contributed by atoms with E-state index in [1.165, 1.54) is 0 Å². The van der Waals surface area contributed by atoms with Crippen LogP contribution in [0.1, 0.15) is 1.37 Å². The topological polar surface area (TPSA) is 42.2 Å². The first-order valence-electron chi connectivity index (χ1n) is 3.78. The molecular weight excluding hydrogens is 168 g/mol. The average molecular weight is 173 g/mol. The molecule has 13 heavy (non-hydrogen) atoms. The summed E-state index contributed by atoms with van der Waals surface area (Å²) in [6.45, 7) is 20.1. The van der Waals surface area contributed by atoms with Crippen LogP contribution in [0.5, 0.6) is 0 Å². The maximum atomic E-state index is 11.0. The van der Waals surface area contributed by atoms with Crippen LogP contribution in [0.3, 0.4) is 0 Å². The fraction of sp³-hybridized carbons (Fsp3) is 0.250. The summed E-state index contributed by atoms with van der Waals surface area (Å²) in [5, 5.41) is 2.26. The minimum absolute atomic E-state index is 0.146. The molecular formula is C8H4N4O. The van der Waals surface area contributed by atoms with Gasteiger partial charge in [0.2, 0.25) is 17.6 Å². The van der Waals surface area contributed by atoms with E-state index in [4.69, 9.17) is 21.1 Å². The lowest BCUT2D eigenvalue weighted by molar-refractivity contribution is -0.116. The van der Waals surface area contributed by atoms with E-state index in [0.29, 0.717) is 0 Å². The predicted octanol–water partition coefficient (Wildman–Crippen LogP) is 0.453. The fourth-order valence-electron chi connectivity index (χ4n) is 0.931. The monoisotopic (exact) mass is 173 g/mol. The van der Waals surface area contributed by atoms with Crippen LogP contribution in [0, 0.1) is 19.7 Å². The second kappa shape index (κ2) is 3.38. The third-order valence-electron chi connectivity index (χ3n) is 1.51. The number of carbonyl (C=O) groups is 1. The van der Waals surface area contributed by atoms with E-state index >= 15 is 0 Å². The summed E-state index contributed by atoms with van der Waals surface area (Å²) in [7, 11) is 0. The number of hydrogen-bond donors (Lipinski definition) is 1. The Morgan fingerprint density at radius 1 is 1.54 bits per heavy atom. The van der Waals surface area contributed by atoms with Crippen molar-refractivity contribution >= 4 is 5.91 Å². The van der Waals surface area contributed by atoms with Crippen LogP contribution < -0.4 is 5.32 Å². The van der Waals surface area contributed by atoms with E-state index in [1.807, 2.05) is 0 Å². The van der Waals surface area contributed by atoms with Gasteiger partial charge in [-0.2, -0.15) is 0 Å². The minimum Gasteiger partial charge on any atom is -0.342 e. The molecule has 0 bridgehead atoms. The van der Waals surface area contributed by atoms with Crippen molar-refractivity contribution in [1.29, 1.82) is 0 Å². The standard InChI is InChI=1S/C8H4N4O/c1-9-5-4-6(13)12-7(5)8(10-2)11-3/h4,7-8H,(H,12,13)/i4D. The molecule has 0 aromatic carbocycles. The van der Waals surface area contributed by atoms with Crippen molar-refractivity contribution in [2.45, 2.75) is 12.2 Å². The molecule has 1 aliphatic rings. The van der Waals surface area contributed by atoms with Gasteiger partial charge in [0.1, 0.15) is 0 Å². The summed E-state index contributed by atoms with van der Waals surface area (Å²) in [6, 6.07) is -1.38. The third kappa shape index (κ3) is 1.47. The SMILES string of the molecule is [2H]C1=C([N+]#[C-])C(C([N+]#[C-])[N+]#[C-])NC1=O. The Morgan fingerprint density at radius 3 is 2.62 bits per heavy atom. The lowest BCUT2D eigenvalue weighted by Gasteiger charge is -2.03. The molecule has 5 nitrogen and oxygen atoms in total. The second-order valence-electron chi connectivity index (χ2n) is 2.24. The number of nitrogens with zero attached hydrogens (tertiary/aromatic N) is 3. The van der Waals surface area contributed by atoms with E-state index in [9.17, 15) is 4.79 Å². The van der Waals surface area contributed by atoms with Gasteiger partial charge in [0.05, 0.1) is 7.94 Å². The fourth-order valence-corrected chi connectivity index (χ4v) is 0.931. The number of nitrogens with one attached hydrogen (secondary N) is 1. The molecule has 0 spiro atoms. The van der Waals surface area contributed by atoms with Crippen LogP contribution in [-0.4, -0.2) is 18.1 Å². The van der Waals surface area contributed by atoms with Crippen molar-refractivity contribution in [3.05, 3.63) is 46.0 Å². The lowest BCUT2D eigenvalue weighted by Crippen LogP contribution is -2.35. The zero-order valence-corrected chi connectivity index (χ0v) is 6.40. The molecule has 0 saturated carbocycles. The maximum absolute atomic E-state index is 11.0. The molecule has 1 unspecified atom stereocenters. The maximum Gasteiger partial charge on any atom is 0.490 e. The molecule has 0 aromatic heterocycles. The van der Waals surface area contributed by atoms with E-state index in [1.54, 1.807) is 0 Å². The minimum atomic E-state index is -1.15. The zero-order chi connectivity index (χ0) is 10.7. The van der Waals surface area contributed by atoms with Crippen LogP contribution in [0.4, 0.5) is 0 Å². The summed E-state index contributed by atoms with van der Waals surface area (Å²) < 4.78 is 7.22. The Bertz CT molecular complexity index is 420. The summed E-state index contributed by atoms with van der Waals surface area (Å²) in [6.07, 6.45) is -1.15. The van der Waals surface area contributed by atoms with Crippen molar-refractivity contribution in [2.24, 2.45) is 0 Å². The van der Waals surface area contributed by atoms with E-state index in [2.05, 4.69) is 19.9 Å². The van der Waals surface area contributed by atoms with Gasteiger partial charge < -0.3 is 5.32 Å². The van der Waals surface area contributed by atoms with Crippen LogP contribution in [0.25, 0.3) is 14.5 Å². The van der Waals surface area contributed by atoms with Crippen molar-refractivity contribution in [3.63, 3.8) is 0 Å². The highest BCUT2D eigenvalue weighted by Gasteiger charge is 2.40. The van der Waals surface area contributed by atoms with Gasteiger partial charge in [0.15, 0.2) is 0 Å². The Hall–Kier alpha value is -2.32. The first kappa shape index (κ1) is 7.34. The Kier molecular flexibility index (Phi) is 1.91. The number of rotatable bonds is 1. The van der Waals surface area contributed by atoms with Crippen LogP contribution >= 0.6 is 0 Å². The third-order valence-corrected chi connectivity index (χ3v) is 1.51. The predicted molar refractivity (Wildman–Crippen MR) is 43.6 cm³/mol. The van der Waals surface area contributed by atoms with Crippen molar-refractivity contribution in [1.82, 2.24) is 5.32 Å². The van der Waals surface area contributed by atoms with Crippen molar-refractivity contribution < 1.29 is 6.17 Å². The molecule has 62 valence electrons. The second-order valence-corrected chi connectivity index (χ2v) is 2.24. The molecule has 1 N–H and O–H groups in total. The molecule has 0 aliphatic carbocycles. The first-order chi connectivity index (χ1) is 6.65. The van der Waals surface area contributed by atoms with E-state index < -0.39 is 24.2 Å². The number of amides is 1. The first-order valence-corrected chi connectivity index (χ1v) is 3.28. The summed E-state index contributed by atoms with van der Waals surface area (Å²) in [5.41, 5.74) is -0.146. The molecule has 1 heterocycles. The van der Waals surface area contributed by atoms with Crippen LogP contribution in [0.15, 0.2) is 11.7 Å². The van der Waals surface area contributed by atoms with Gasteiger partial charge in [0.25, 0.3) is 0 Å².